The van der Waals surface area contributed by atoms with E-state index in [9.17, 15) is 8.78 Å². The van der Waals surface area contributed by atoms with Crippen molar-refractivity contribution >= 4 is 11.6 Å². The van der Waals surface area contributed by atoms with Crippen LogP contribution in [0.4, 0.5) is 20.4 Å². The van der Waals surface area contributed by atoms with Crippen LogP contribution in [0, 0.1) is 11.6 Å². The van der Waals surface area contributed by atoms with Gasteiger partial charge in [-0.1, -0.05) is 6.07 Å². The largest absolute Gasteiger partial charge is 0.363 e. The Morgan fingerprint density at radius 2 is 1.81 bits per heavy atom. The molecule has 3 rings (SSSR count). The number of hydrogen-bond acceptors (Lipinski definition) is 5. The van der Waals surface area contributed by atoms with E-state index in [1.807, 2.05) is 32.1 Å². The second-order valence-electron chi connectivity index (χ2n) is 6.97. The minimum atomic E-state index is -0.480. The normalized spacial score (nSPS) is 18.0. The van der Waals surface area contributed by atoms with Crippen LogP contribution in [-0.4, -0.2) is 55.1 Å². The van der Waals surface area contributed by atoms with Crippen LogP contribution >= 0.6 is 0 Å². The molecule has 140 valence electrons. The maximum atomic E-state index is 13.9. The number of likely N-dealkylation sites (N-methyl/N-ethyl adjacent to an activating group) is 1. The summed E-state index contributed by atoms with van der Waals surface area (Å²) in [6, 6.07) is 6.22. The molecule has 5 nitrogen and oxygen atoms in total. The van der Waals surface area contributed by atoms with E-state index in [-0.39, 0.29) is 18.2 Å². The van der Waals surface area contributed by atoms with Crippen LogP contribution in [0.3, 0.4) is 0 Å². The highest BCUT2D eigenvalue weighted by molar-refractivity contribution is 5.49. The predicted octanol–water partition coefficient (Wildman–Crippen LogP) is 2.92. The van der Waals surface area contributed by atoms with E-state index in [4.69, 9.17) is 0 Å². The van der Waals surface area contributed by atoms with Gasteiger partial charge in [0.05, 0.1) is 0 Å². The first-order valence-electron chi connectivity index (χ1n) is 8.83. The van der Waals surface area contributed by atoms with E-state index in [1.54, 1.807) is 6.33 Å². The lowest BCUT2D eigenvalue weighted by molar-refractivity contribution is 0.194. The van der Waals surface area contributed by atoms with E-state index < -0.39 is 11.6 Å². The minimum absolute atomic E-state index is 0.146. The van der Waals surface area contributed by atoms with Gasteiger partial charge in [0, 0.05) is 51.9 Å². The molecular weight excluding hydrogens is 336 g/mol. The Bertz CT molecular complexity index is 732. The monoisotopic (exact) mass is 361 g/mol. The molecule has 0 radical (unpaired) electrons. The second kappa shape index (κ2) is 7.95. The average molecular weight is 361 g/mol. The lowest BCUT2D eigenvalue weighted by Gasteiger charge is -2.38. The number of aromatic nitrogens is 2. The SMILES string of the molecule is CN(C)c1cc(N(C)C2CCCN(Cc3c(F)cccc3F)C2)ncn1. The van der Waals surface area contributed by atoms with Crippen molar-refractivity contribution in [2.24, 2.45) is 0 Å². The van der Waals surface area contributed by atoms with Gasteiger partial charge in [-0.05, 0) is 31.5 Å². The van der Waals surface area contributed by atoms with Crippen LogP contribution in [0.5, 0.6) is 0 Å². The number of nitrogens with zero attached hydrogens (tertiary/aromatic N) is 5. The molecule has 1 unspecified atom stereocenters. The molecule has 26 heavy (non-hydrogen) atoms. The van der Waals surface area contributed by atoms with Gasteiger partial charge < -0.3 is 9.80 Å². The van der Waals surface area contributed by atoms with E-state index in [0.29, 0.717) is 0 Å². The zero-order valence-corrected chi connectivity index (χ0v) is 15.5. The van der Waals surface area contributed by atoms with Crippen molar-refractivity contribution < 1.29 is 8.78 Å². The highest BCUT2D eigenvalue weighted by Crippen LogP contribution is 2.24. The van der Waals surface area contributed by atoms with Gasteiger partial charge in [-0.3, -0.25) is 4.90 Å². The Balaban J connectivity index is 1.71. The smallest absolute Gasteiger partial charge is 0.134 e. The maximum absolute atomic E-state index is 13.9. The third-order valence-corrected chi connectivity index (χ3v) is 4.93. The van der Waals surface area contributed by atoms with Gasteiger partial charge in [-0.15, -0.1) is 0 Å². The van der Waals surface area contributed by atoms with E-state index in [0.717, 1.165) is 37.6 Å². The lowest BCUT2D eigenvalue weighted by atomic mass is 10.0. The fourth-order valence-corrected chi connectivity index (χ4v) is 3.36. The van der Waals surface area contributed by atoms with Gasteiger partial charge in [0.25, 0.3) is 0 Å². The number of hydrogen-bond donors (Lipinski definition) is 0. The summed E-state index contributed by atoms with van der Waals surface area (Å²) in [7, 11) is 5.90. The van der Waals surface area contributed by atoms with Crippen molar-refractivity contribution in [3.8, 4) is 0 Å². The molecule has 1 fully saturated rings. The predicted molar refractivity (Wildman–Crippen MR) is 99.4 cm³/mol. The number of rotatable bonds is 5. The number of halogens is 2. The summed E-state index contributed by atoms with van der Waals surface area (Å²) in [6.07, 6.45) is 3.57. The molecule has 0 aliphatic carbocycles. The summed E-state index contributed by atoms with van der Waals surface area (Å²) in [6.45, 7) is 1.87. The number of benzene rings is 1. The Morgan fingerprint density at radius 3 is 2.50 bits per heavy atom. The molecular formula is C19H25F2N5. The van der Waals surface area contributed by atoms with Crippen LogP contribution in [0.25, 0.3) is 0 Å². The van der Waals surface area contributed by atoms with Crippen molar-refractivity contribution in [3.63, 3.8) is 0 Å². The van der Waals surface area contributed by atoms with Gasteiger partial charge in [0.2, 0.25) is 0 Å². The van der Waals surface area contributed by atoms with Crippen LogP contribution in [0.15, 0.2) is 30.6 Å². The molecule has 1 atom stereocenters. The van der Waals surface area contributed by atoms with Crippen LogP contribution in [0.2, 0.25) is 0 Å². The average Bonchev–Trinajstić information content (AvgIpc) is 2.64. The van der Waals surface area contributed by atoms with E-state index in [1.165, 1.54) is 18.2 Å². The summed E-state index contributed by atoms with van der Waals surface area (Å²) in [4.78, 5) is 14.8. The molecule has 2 heterocycles. The first kappa shape index (κ1) is 18.5. The first-order valence-corrected chi connectivity index (χ1v) is 8.83. The summed E-state index contributed by atoms with van der Waals surface area (Å²) in [5, 5.41) is 0. The molecule has 1 aromatic heterocycles. The van der Waals surface area contributed by atoms with Gasteiger partial charge >= 0.3 is 0 Å². The molecule has 2 aromatic rings. The topological polar surface area (TPSA) is 35.5 Å². The van der Waals surface area contributed by atoms with Crippen LogP contribution in [0.1, 0.15) is 18.4 Å². The molecule has 1 saturated heterocycles. The zero-order chi connectivity index (χ0) is 18.7. The summed E-state index contributed by atoms with van der Waals surface area (Å²) in [5.41, 5.74) is 0.146. The quantitative estimate of drug-likeness (QED) is 0.818. The summed E-state index contributed by atoms with van der Waals surface area (Å²) < 4.78 is 27.9. The molecule has 0 amide bonds. The molecule has 7 heteroatoms. The van der Waals surface area contributed by atoms with Crippen molar-refractivity contribution in [2.45, 2.75) is 25.4 Å². The molecule has 0 spiro atoms. The van der Waals surface area contributed by atoms with Crippen molar-refractivity contribution in [1.82, 2.24) is 14.9 Å². The summed E-state index contributed by atoms with van der Waals surface area (Å²) >= 11 is 0. The second-order valence-corrected chi connectivity index (χ2v) is 6.97. The third kappa shape index (κ3) is 4.09. The fraction of sp³-hybridized carbons (Fsp3) is 0.474. The number of anilines is 2. The molecule has 0 N–H and O–H groups in total. The van der Waals surface area contributed by atoms with Gasteiger partial charge in [-0.2, -0.15) is 0 Å². The minimum Gasteiger partial charge on any atom is -0.363 e. The Morgan fingerprint density at radius 1 is 1.12 bits per heavy atom. The van der Waals surface area contributed by atoms with Gasteiger partial charge in [0.1, 0.15) is 29.6 Å². The molecule has 1 aliphatic heterocycles. The Labute approximate surface area is 153 Å². The lowest BCUT2D eigenvalue weighted by Crippen LogP contribution is -2.46. The van der Waals surface area contributed by atoms with E-state index >= 15 is 0 Å². The maximum Gasteiger partial charge on any atom is 0.134 e. The molecule has 0 saturated carbocycles. The molecule has 1 aliphatic rings. The molecule has 1 aromatic carbocycles. The van der Waals surface area contributed by atoms with Crippen molar-refractivity contribution in [1.29, 1.82) is 0 Å². The highest BCUT2D eigenvalue weighted by atomic mass is 19.1. The number of likely N-dealkylation sites (tertiary alicyclic amines) is 1. The van der Waals surface area contributed by atoms with Gasteiger partial charge in [0.15, 0.2) is 0 Å². The number of piperidine rings is 1. The standard InChI is InChI=1S/C19H25F2N5/c1-24(2)18-10-19(23-13-22-18)25(3)14-6-5-9-26(11-14)12-15-16(20)7-4-8-17(15)21/h4,7-8,10,13-14H,5-6,9,11-12H2,1-3H3. The highest BCUT2D eigenvalue weighted by Gasteiger charge is 2.25. The van der Waals surface area contributed by atoms with E-state index in [2.05, 4.69) is 19.8 Å². The summed E-state index contributed by atoms with van der Waals surface area (Å²) in [5.74, 6) is 0.745. The first-order chi connectivity index (χ1) is 12.5. The third-order valence-electron chi connectivity index (χ3n) is 4.93. The Hall–Kier alpha value is -2.28. The van der Waals surface area contributed by atoms with Crippen molar-refractivity contribution in [2.75, 3.05) is 44.0 Å². The van der Waals surface area contributed by atoms with Crippen LogP contribution < -0.4 is 9.80 Å². The van der Waals surface area contributed by atoms with Crippen LogP contribution in [-0.2, 0) is 6.54 Å². The zero-order valence-electron chi connectivity index (χ0n) is 15.5. The van der Waals surface area contributed by atoms with Gasteiger partial charge in [-0.25, -0.2) is 18.7 Å². The fourth-order valence-electron chi connectivity index (χ4n) is 3.36. The van der Waals surface area contributed by atoms with Crippen molar-refractivity contribution in [3.05, 3.63) is 47.8 Å². The Kier molecular flexibility index (Phi) is 5.66. The molecule has 0 bridgehead atoms.